The maximum Gasteiger partial charge on any atom is 0.324 e. The van der Waals surface area contributed by atoms with Crippen LogP contribution in [0.3, 0.4) is 0 Å². The van der Waals surface area contributed by atoms with E-state index in [0.29, 0.717) is 34.7 Å². The molecule has 3 aliphatic rings. The Balaban J connectivity index is 1.32. The summed E-state index contributed by atoms with van der Waals surface area (Å²) in [7, 11) is 2.01. The van der Waals surface area contributed by atoms with Gasteiger partial charge in [0.1, 0.15) is 29.9 Å². The smallest absolute Gasteiger partial charge is 0.324 e. The topological polar surface area (TPSA) is 120 Å². The average molecular weight is 787 g/mol. The van der Waals surface area contributed by atoms with E-state index in [9.17, 15) is 14.7 Å². The molecule has 1 spiro atoms. The highest BCUT2D eigenvalue weighted by atomic mass is 16.6. The molecule has 8 rings (SSSR count). The molecule has 0 aromatic heterocycles. The molecule has 0 radical (unpaired) electrons. The third kappa shape index (κ3) is 7.41. The molecule has 0 bridgehead atoms. The number of carbonyl (C=O) groups is 3. The third-order valence-corrected chi connectivity index (χ3v) is 11.4. The molecule has 3 heterocycles. The quantitative estimate of drug-likeness (QED) is 0.0788. The number of carbonyl (C=O) groups excluding carboxylic acids is 3. The second-order valence-electron chi connectivity index (χ2n) is 15.1. The van der Waals surface area contributed by atoms with Crippen molar-refractivity contribution >= 4 is 23.5 Å². The first-order chi connectivity index (χ1) is 28.8. The third-order valence-electron chi connectivity index (χ3n) is 11.4. The number of amides is 2. The van der Waals surface area contributed by atoms with Crippen molar-refractivity contribution in [2.24, 2.45) is 5.92 Å². The van der Waals surface area contributed by atoms with Crippen molar-refractivity contribution in [2.75, 3.05) is 38.7 Å². The lowest BCUT2D eigenvalue weighted by Gasteiger charge is -2.46. The zero-order chi connectivity index (χ0) is 40.9. The predicted octanol–water partition coefficient (Wildman–Crippen LogP) is 6.11. The van der Waals surface area contributed by atoms with Gasteiger partial charge in [0.05, 0.1) is 31.2 Å². The molecule has 2 fully saturated rings. The average Bonchev–Trinajstić information content (AvgIpc) is 3.74. The fraction of sp³-hybridized carbons (Fsp3) is 0.245. The number of ether oxygens (including phenoxy) is 2. The first-order valence-corrected chi connectivity index (χ1v) is 19.8. The van der Waals surface area contributed by atoms with Gasteiger partial charge < -0.3 is 25.2 Å². The van der Waals surface area contributed by atoms with E-state index in [2.05, 4.69) is 46.1 Å². The van der Waals surface area contributed by atoms with Crippen molar-refractivity contribution in [1.29, 1.82) is 0 Å². The lowest BCUT2D eigenvalue weighted by Crippen LogP contribution is -2.54. The van der Waals surface area contributed by atoms with Crippen LogP contribution in [0.2, 0.25) is 0 Å². The summed E-state index contributed by atoms with van der Waals surface area (Å²) in [5.74, 6) is 4.42. The number of fused-ring (bicyclic) bond motifs is 3. The molecule has 6 atom stereocenters. The molecule has 59 heavy (non-hydrogen) atoms. The van der Waals surface area contributed by atoms with Gasteiger partial charge in [0.15, 0.2) is 0 Å². The molecule has 5 aromatic rings. The summed E-state index contributed by atoms with van der Waals surface area (Å²) in [5.41, 5.74) is 3.64. The Morgan fingerprint density at radius 3 is 2.27 bits per heavy atom. The second-order valence-corrected chi connectivity index (χ2v) is 15.1. The zero-order valence-electron chi connectivity index (χ0n) is 32.8. The minimum absolute atomic E-state index is 0.106. The lowest BCUT2D eigenvalue weighted by atomic mass is 9.65. The molecule has 2 amide bonds. The molecule has 10 heteroatoms. The highest BCUT2D eigenvalue weighted by molar-refractivity contribution is 6.12. The second kappa shape index (κ2) is 17.1. The molecule has 0 saturated carbocycles. The number of cyclic esters (lactones) is 1. The highest BCUT2D eigenvalue weighted by Crippen LogP contribution is 2.64. The number of esters is 1. The Bertz CT molecular complexity index is 2380. The maximum atomic E-state index is 15.3. The van der Waals surface area contributed by atoms with Gasteiger partial charge in [-0.25, -0.2) is 0 Å². The van der Waals surface area contributed by atoms with E-state index >= 15 is 4.79 Å². The van der Waals surface area contributed by atoms with Crippen molar-refractivity contribution in [2.45, 2.75) is 36.2 Å². The van der Waals surface area contributed by atoms with E-state index in [-0.39, 0.29) is 19.8 Å². The Morgan fingerprint density at radius 1 is 0.915 bits per heavy atom. The summed E-state index contributed by atoms with van der Waals surface area (Å²) in [5, 5.41) is 15.6. The van der Waals surface area contributed by atoms with E-state index in [0.717, 1.165) is 17.7 Å². The summed E-state index contributed by atoms with van der Waals surface area (Å²) in [4.78, 5) is 49.2. The fourth-order valence-corrected chi connectivity index (χ4v) is 9.09. The van der Waals surface area contributed by atoms with Gasteiger partial charge in [-0.05, 0) is 65.2 Å². The van der Waals surface area contributed by atoms with E-state index in [1.165, 1.54) is 5.56 Å². The predicted molar refractivity (Wildman–Crippen MR) is 225 cm³/mol. The number of benzene rings is 5. The molecule has 2 saturated heterocycles. The zero-order valence-corrected chi connectivity index (χ0v) is 32.8. The number of hydrogen-bond donors (Lipinski definition) is 3. The Morgan fingerprint density at radius 2 is 1.59 bits per heavy atom. The van der Waals surface area contributed by atoms with Crippen molar-refractivity contribution < 1.29 is 29.0 Å². The molecule has 3 aliphatic heterocycles. The SMILES string of the molecule is C=CCNC(=O)[C@H]1[C@@H]2C(=O)O[C@@H](c3ccccc3)[C@@H](c3ccccc3)N2[C@@H](c2ccc(OCCO)cc2)[C@]12C(=O)Nc1ccc(C#CCN(C)Cc3ccccc3)cc12. The van der Waals surface area contributed by atoms with E-state index in [4.69, 9.17) is 9.47 Å². The number of aliphatic hydroxyl groups excluding tert-OH is 1. The summed E-state index contributed by atoms with van der Waals surface area (Å²) in [6.45, 7) is 5.12. The van der Waals surface area contributed by atoms with Crippen molar-refractivity contribution in [3.8, 4) is 17.6 Å². The Kier molecular flexibility index (Phi) is 11.4. The van der Waals surface area contributed by atoms with E-state index in [1.807, 2.05) is 121 Å². The molecule has 3 N–H and O–H groups in total. The van der Waals surface area contributed by atoms with Crippen LogP contribution in [0.15, 0.2) is 146 Å². The fourth-order valence-electron chi connectivity index (χ4n) is 9.09. The number of morpholine rings is 1. The molecule has 10 nitrogen and oxygen atoms in total. The molecule has 298 valence electrons. The van der Waals surface area contributed by atoms with Crippen LogP contribution in [0.4, 0.5) is 5.69 Å². The van der Waals surface area contributed by atoms with Gasteiger partial charge in [0, 0.05) is 24.3 Å². The van der Waals surface area contributed by atoms with Crippen LogP contribution in [0.5, 0.6) is 5.75 Å². The number of nitrogens with zero attached hydrogens (tertiary/aromatic N) is 2. The van der Waals surface area contributed by atoms with Gasteiger partial charge in [-0.2, -0.15) is 0 Å². The number of nitrogens with one attached hydrogen (secondary N) is 2. The summed E-state index contributed by atoms with van der Waals surface area (Å²) in [6, 6.07) is 39.8. The van der Waals surface area contributed by atoms with Gasteiger partial charge in [-0.3, -0.25) is 24.2 Å². The summed E-state index contributed by atoms with van der Waals surface area (Å²) in [6.07, 6.45) is 0.792. The van der Waals surface area contributed by atoms with Gasteiger partial charge >= 0.3 is 5.97 Å². The number of hydrogen-bond acceptors (Lipinski definition) is 8. The lowest BCUT2D eigenvalue weighted by molar-refractivity contribution is -0.178. The molecule has 5 aromatic carbocycles. The molecular formula is C49H46N4O6. The van der Waals surface area contributed by atoms with Crippen LogP contribution >= 0.6 is 0 Å². The van der Waals surface area contributed by atoms with E-state index in [1.54, 1.807) is 18.2 Å². The van der Waals surface area contributed by atoms with Gasteiger partial charge in [-0.1, -0.05) is 121 Å². The highest BCUT2D eigenvalue weighted by Gasteiger charge is 2.74. The minimum atomic E-state index is -1.64. The van der Waals surface area contributed by atoms with Crippen LogP contribution in [0, 0.1) is 17.8 Å². The largest absolute Gasteiger partial charge is 0.491 e. The monoisotopic (exact) mass is 786 g/mol. The first kappa shape index (κ1) is 39.3. The molecular weight excluding hydrogens is 741 g/mol. The van der Waals surface area contributed by atoms with Crippen LogP contribution in [0.25, 0.3) is 0 Å². The first-order valence-electron chi connectivity index (χ1n) is 19.8. The minimum Gasteiger partial charge on any atom is -0.491 e. The van der Waals surface area contributed by atoms with Gasteiger partial charge in [-0.15, -0.1) is 6.58 Å². The normalized spacial score (nSPS) is 23.1. The van der Waals surface area contributed by atoms with Crippen molar-refractivity contribution in [3.05, 3.63) is 179 Å². The van der Waals surface area contributed by atoms with Crippen LogP contribution < -0.4 is 15.4 Å². The van der Waals surface area contributed by atoms with Gasteiger partial charge in [0.25, 0.3) is 0 Å². The number of anilines is 1. The molecule has 0 unspecified atom stereocenters. The van der Waals surface area contributed by atoms with Crippen LogP contribution in [-0.2, 0) is 31.1 Å². The Labute approximate surface area is 344 Å². The van der Waals surface area contributed by atoms with Gasteiger partial charge in [0.2, 0.25) is 11.8 Å². The maximum absolute atomic E-state index is 15.3. The standard InChI is InChI=1S/C49H46N4O6/c1-3-27-50-46(55)41-43-47(56)59-44(36-19-11-6-12-20-36)42(35-17-9-5-10-18-35)53(43)45(37-22-24-38(25-23-37)58-30-29-54)49(41)39-31-33(21-26-40(39)51-48(49)57)16-13-28-52(2)32-34-14-7-4-8-15-34/h3-12,14-15,17-26,31,41-45,54H,1,27-30,32H2,2H3,(H,50,55)(H,51,57)/t41-,42-,43-,44+,45+,49-/m1/s1. The summed E-state index contributed by atoms with van der Waals surface area (Å²) >= 11 is 0. The van der Waals surface area contributed by atoms with Crippen molar-refractivity contribution in [3.63, 3.8) is 0 Å². The molecule has 0 aliphatic carbocycles. The van der Waals surface area contributed by atoms with Crippen LogP contribution in [0.1, 0.15) is 51.6 Å². The van der Waals surface area contributed by atoms with E-state index < -0.39 is 53.3 Å². The number of rotatable bonds is 12. The Hall–Kier alpha value is -6.51. The number of aliphatic hydroxyl groups is 1. The summed E-state index contributed by atoms with van der Waals surface area (Å²) < 4.78 is 12.2. The van der Waals surface area contributed by atoms with Crippen molar-refractivity contribution in [1.82, 2.24) is 15.1 Å². The van der Waals surface area contributed by atoms with Crippen LogP contribution in [-0.4, -0.2) is 72.1 Å².